The molecule has 88 valence electrons. The lowest BCUT2D eigenvalue weighted by Crippen LogP contribution is -2.27. The average Bonchev–Trinajstić information content (AvgIpc) is 1.12. The van der Waals surface area contributed by atoms with E-state index in [4.69, 9.17) is 28.8 Å². The highest BCUT2D eigenvalue weighted by atomic mass is 28.4. The molecule has 0 heterocycles. The van der Waals surface area contributed by atoms with Crippen molar-refractivity contribution in [2.24, 2.45) is 0 Å². The maximum Gasteiger partial charge on any atom is 0.711 e. The van der Waals surface area contributed by atoms with Gasteiger partial charge in [0.1, 0.15) is 0 Å². The van der Waals surface area contributed by atoms with E-state index in [0.29, 0.717) is 0 Å². The average molecular weight is 250 g/mol. The van der Waals surface area contributed by atoms with E-state index in [2.05, 4.69) is 0 Å². The molecule has 0 rings (SSSR count). The Kier molecular flexibility index (Phi) is 22.5. The Morgan fingerprint density at radius 3 is 0.538 bits per heavy atom. The fourth-order valence-corrected chi connectivity index (χ4v) is 0. The molecule has 13 heteroatoms. The first kappa shape index (κ1) is 29.3. The van der Waals surface area contributed by atoms with E-state index in [1.54, 1.807) is 0 Å². The Morgan fingerprint density at radius 2 is 0.538 bits per heavy atom. The minimum Gasteiger partial charge on any atom is -0.412 e. The monoisotopic (exact) mass is 250 g/mol. The Morgan fingerprint density at radius 1 is 0.538 bits per heavy atom. The van der Waals surface area contributed by atoms with Gasteiger partial charge in [-0.2, -0.15) is 0 Å². The Hall–Kier alpha value is -0.0662. The second kappa shape index (κ2) is 10.0. The van der Waals surface area contributed by atoms with E-state index in [1.807, 2.05) is 0 Å². The van der Waals surface area contributed by atoms with Gasteiger partial charge in [0.25, 0.3) is 0 Å². The van der Waals surface area contributed by atoms with Crippen molar-refractivity contribution in [1.82, 2.24) is 0 Å². The summed E-state index contributed by atoms with van der Waals surface area (Å²) >= 11 is 0. The molecule has 0 radical (unpaired) electrons. The molecular weight excluding hydrogens is 238 g/mol. The molecule has 0 fully saturated rings. The summed E-state index contributed by atoms with van der Waals surface area (Å²) in [5.74, 6) is 0. The summed E-state index contributed by atoms with van der Waals surface area (Å²) in [6, 6.07) is 0. The van der Waals surface area contributed by atoms with Gasteiger partial charge in [-0.15, -0.1) is 0 Å². The van der Waals surface area contributed by atoms with Crippen LogP contribution in [0.3, 0.4) is 0 Å². The molecule has 12 N–H and O–H groups in total. The smallest absolute Gasteiger partial charge is 0.412 e. The zero-order valence-electron chi connectivity index (χ0n) is 5.94. The molecular formula is H12F2O9Si2. The Balaban J connectivity index is -0.0000000267. The first-order valence-corrected chi connectivity index (χ1v) is 5.16. The van der Waals surface area contributed by atoms with Gasteiger partial charge in [-0.25, -0.2) is 8.22 Å². The van der Waals surface area contributed by atoms with Gasteiger partial charge in [-0.05, 0) is 0 Å². The van der Waals surface area contributed by atoms with E-state index in [9.17, 15) is 8.22 Å². The Bertz CT molecular complexity index is 58.6. The molecule has 0 unspecified atom stereocenters. The first-order chi connectivity index (χ1) is 4.00. The lowest BCUT2D eigenvalue weighted by Gasteiger charge is -1.88. The zero-order valence-corrected chi connectivity index (χ0v) is 7.94. The van der Waals surface area contributed by atoms with Crippen LogP contribution in [-0.2, 0) is 0 Å². The molecule has 9 nitrogen and oxygen atoms in total. The second-order valence-electron chi connectivity index (χ2n) is 1.11. The van der Waals surface area contributed by atoms with Crippen LogP contribution in [-0.4, -0.2) is 63.5 Å². The Labute approximate surface area is 72.8 Å². The maximum atomic E-state index is 10.5. The molecule has 0 aromatic heterocycles. The van der Waals surface area contributed by atoms with Crippen molar-refractivity contribution in [3.8, 4) is 0 Å². The van der Waals surface area contributed by atoms with Gasteiger partial charge in [0.15, 0.2) is 0 Å². The van der Waals surface area contributed by atoms with Crippen molar-refractivity contribution in [2.45, 2.75) is 0 Å². The van der Waals surface area contributed by atoms with Crippen molar-refractivity contribution in [1.29, 1.82) is 0 Å². The molecule has 0 aliphatic carbocycles. The summed E-state index contributed by atoms with van der Waals surface area (Å²) in [5.41, 5.74) is 0. The highest BCUT2D eigenvalue weighted by molar-refractivity contribution is 6.47. The summed E-state index contributed by atoms with van der Waals surface area (Å²) in [4.78, 5) is 42.6. The molecule has 0 saturated carbocycles. The fraction of sp³-hybridized carbons (Fsp3) is 0. The largest absolute Gasteiger partial charge is 0.711 e. The highest BCUT2D eigenvalue weighted by Gasteiger charge is 2.26. The van der Waals surface area contributed by atoms with E-state index in [1.165, 1.54) is 0 Å². The molecule has 0 amide bonds. The third kappa shape index (κ3) is 268000. The van der Waals surface area contributed by atoms with Crippen molar-refractivity contribution in [2.75, 3.05) is 0 Å². The highest BCUT2D eigenvalue weighted by Crippen LogP contribution is 1.80. The van der Waals surface area contributed by atoms with E-state index >= 15 is 0 Å². The summed E-state index contributed by atoms with van der Waals surface area (Å²) in [6.07, 6.45) is 0. The van der Waals surface area contributed by atoms with Gasteiger partial charge in [0.2, 0.25) is 0 Å². The molecule has 0 aliphatic heterocycles. The second-order valence-corrected chi connectivity index (χ2v) is 3.32. The van der Waals surface area contributed by atoms with Crippen molar-refractivity contribution < 1.29 is 53.4 Å². The van der Waals surface area contributed by atoms with E-state index < -0.39 is 18.3 Å². The van der Waals surface area contributed by atoms with Crippen LogP contribution >= 0.6 is 0 Å². The zero-order chi connectivity index (χ0) is 9.00. The SMILES string of the molecule is O.O.O.O[Si](O)(O)F.O[Si](O)(O)F. The van der Waals surface area contributed by atoms with Gasteiger partial charge in [-0.3, -0.25) is 0 Å². The molecule has 0 atom stereocenters. The van der Waals surface area contributed by atoms with Crippen LogP contribution in [0.15, 0.2) is 0 Å². The summed E-state index contributed by atoms with van der Waals surface area (Å²) < 4.78 is 21.0. The maximum absolute atomic E-state index is 10.5. The third-order valence-corrected chi connectivity index (χ3v) is 0. The number of halogens is 2. The predicted octanol–water partition coefficient (Wildman–Crippen LogP) is -5.74. The van der Waals surface area contributed by atoms with Gasteiger partial charge >= 0.3 is 18.3 Å². The van der Waals surface area contributed by atoms with Crippen LogP contribution in [0, 0.1) is 0 Å². The normalized spacial score (nSPS) is 9.23. The van der Waals surface area contributed by atoms with Crippen LogP contribution in [0.25, 0.3) is 0 Å². The van der Waals surface area contributed by atoms with Crippen LogP contribution < -0.4 is 0 Å². The van der Waals surface area contributed by atoms with Gasteiger partial charge in [-0.1, -0.05) is 0 Å². The molecule has 0 saturated heterocycles. The van der Waals surface area contributed by atoms with Crippen LogP contribution in [0.1, 0.15) is 0 Å². The molecule has 0 aliphatic rings. The summed E-state index contributed by atoms with van der Waals surface area (Å²) in [5, 5.41) is 0. The fourth-order valence-electron chi connectivity index (χ4n) is 0. The lowest BCUT2D eigenvalue weighted by molar-refractivity contribution is 0.162. The van der Waals surface area contributed by atoms with Crippen LogP contribution in [0.2, 0.25) is 0 Å². The van der Waals surface area contributed by atoms with Crippen molar-refractivity contribution in [3.05, 3.63) is 0 Å². The van der Waals surface area contributed by atoms with Gasteiger partial charge in [0, 0.05) is 0 Å². The topological polar surface area (TPSA) is 216 Å². The quantitative estimate of drug-likeness (QED) is 0.181. The van der Waals surface area contributed by atoms with E-state index in [-0.39, 0.29) is 16.4 Å². The minimum atomic E-state index is -5.11. The minimum absolute atomic E-state index is 0. The van der Waals surface area contributed by atoms with Gasteiger partial charge < -0.3 is 45.2 Å². The molecule has 13 heavy (non-hydrogen) atoms. The van der Waals surface area contributed by atoms with Crippen molar-refractivity contribution >= 4 is 18.3 Å². The number of hydrogen-bond donors (Lipinski definition) is 6. The predicted molar refractivity (Wildman–Crippen MR) is 37.9 cm³/mol. The molecule has 0 bridgehead atoms. The van der Waals surface area contributed by atoms with E-state index in [0.717, 1.165) is 0 Å². The number of hydrogen-bond acceptors (Lipinski definition) is 6. The summed E-state index contributed by atoms with van der Waals surface area (Å²) in [6.45, 7) is 0. The van der Waals surface area contributed by atoms with Crippen LogP contribution in [0.5, 0.6) is 0 Å². The third-order valence-electron chi connectivity index (χ3n) is 0. The lowest BCUT2D eigenvalue weighted by atomic mass is 15.7. The standard InChI is InChI=1S/2FH3O3Si.3H2O/c2*1-5(2,3)4;;;/h2*2-4H;3*1H2. The first-order valence-electron chi connectivity index (χ1n) is 1.72. The molecule has 0 aromatic carbocycles. The van der Waals surface area contributed by atoms with Crippen molar-refractivity contribution in [3.63, 3.8) is 0 Å². The number of rotatable bonds is 0. The molecule has 0 aromatic rings. The molecule has 0 spiro atoms. The van der Waals surface area contributed by atoms with Crippen LogP contribution in [0.4, 0.5) is 8.22 Å². The van der Waals surface area contributed by atoms with Gasteiger partial charge in [0.05, 0.1) is 0 Å². The summed E-state index contributed by atoms with van der Waals surface area (Å²) in [7, 11) is -10.2.